The molecule has 1 aliphatic heterocycles. The molecule has 1 heterocycles. The summed E-state index contributed by atoms with van der Waals surface area (Å²) in [6.45, 7) is 2.78. The Morgan fingerprint density at radius 3 is 2.44 bits per heavy atom. The third kappa shape index (κ3) is 4.77. The lowest BCUT2D eigenvalue weighted by Crippen LogP contribution is -3.12. The zero-order chi connectivity index (χ0) is 17.8. The largest absolute Gasteiger partial charge is 0.349 e. The van der Waals surface area contributed by atoms with Gasteiger partial charge in [-0.05, 0) is 24.3 Å². The number of hydrogen-bond donors (Lipinski definition) is 2. The molecule has 2 aromatic carbocycles. The maximum absolute atomic E-state index is 13.7. The molecule has 0 bridgehead atoms. The van der Waals surface area contributed by atoms with E-state index in [1.807, 2.05) is 24.3 Å². The topological polar surface area (TPSA) is 33.5 Å². The van der Waals surface area contributed by atoms with Crippen molar-refractivity contribution in [3.63, 3.8) is 0 Å². The number of hydrogen-bond acceptors (Lipinski definition) is 1. The average molecular weight is 366 g/mol. The number of quaternary nitrogens is 1. The van der Waals surface area contributed by atoms with Crippen molar-refractivity contribution in [1.82, 2.24) is 5.32 Å². The van der Waals surface area contributed by atoms with Crippen molar-refractivity contribution in [2.24, 2.45) is 0 Å². The van der Waals surface area contributed by atoms with Gasteiger partial charge in [-0.2, -0.15) is 0 Å². The van der Waals surface area contributed by atoms with E-state index < -0.39 is 17.5 Å². The Bertz CT molecular complexity index is 744. The van der Waals surface area contributed by atoms with Crippen molar-refractivity contribution in [1.29, 1.82) is 0 Å². The average Bonchev–Trinajstić information content (AvgIpc) is 2.58. The van der Waals surface area contributed by atoms with Gasteiger partial charge in [-0.1, -0.05) is 23.7 Å². The molecular weight excluding hydrogens is 346 g/mol. The normalized spacial score (nSPS) is 20.3. The number of amides is 1. The van der Waals surface area contributed by atoms with E-state index in [9.17, 15) is 13.6 Å². The Labute approximate surface area is 150 Å². The molecule has 25 heavy (non-hydrogen) atoms. The van der Waals surface area contributed by atoms with E-state index in [4.69, 9.17) is 11.6 Å². The van der Waals surface area contributed by atoms with Crippen LogP contribution in [0.25, 0.3) is 0 Å². The SMILES string of the molecule is O=C(NC1CC[NH+](Cc2ccc(Cl)cc2)CC1)c1ccc(F)cc1F. The van der Waals surface area contributed by atoms with Gasteiger partial charge in [0.25, 0.3) is 5.91 Å². The molecule has 0 atom stereocenters. The summed E-state index contributed by atoms with van der Waals surface area (Å²) in [6, 6.07) is 10.9. The van der Waals surface area contributed by atoms with Gasteiger partial charge in [0.15, 0.2) is 0 Å². The molecule has 6 heteroatoms. The van der Waals surface area contributed by atoms with Crippen molar-refractivity contribution >= 4 is 17.5 Å². The first-order valence-electron chi connectivity index (χ1n) is 8.35. The van der Waals surface area contributed by atoms with Crippen LogP contribution in [0, 0.1) is 11.6 Å². The van der Waals surface area contributed by atoms with Crippen LogP contribution in [-0.2, 0) is 6.54 Å². The second kappa shape index (κ2) is 7.93. The Morgan fingerprint density at radius 1 is 1.12 bits per heavy atom. The van der Waals surface area contributed by atoms with E-state index in [1.54, 1.807) is 0 Å². The lowest BCUT2D eigenvalue weighted by atomic mass is 10.0. The molecule has 2 N–H and O–H groups in total. The molecule has 1 aliphatic rings. The molecular formula is C19H20ClF2N2O+. The standard InChI is InChI=1S/C19H19ClF2N2O/c20-14-3-1-13(2-4-14)12-24-9-7-16(8-10-24)23-19(25)17-6-5-15(21)11-18(17)22/h1-6,11,16H,7-10,12H2,(H,23,25)/p+1. The number of benzene rings is 2. The molecule has 2 aromatic rings. The smallest absolute Gasteiger partial charge is 0.254 e. The zero-order valence-electron chi connectivity index (χ0n) is 13.7. The van der Waals surface area contributed by atoms with Gasteiger partial charge in [-0.3, -0.25) is 4.79 Å². The van der Waals surface area contributed by atoms with Crippen LogP contribution in [0.15, 0.2) is 42.5 Å². The van der Waals surface area contributed by atoms with Gasteiger partial charge in [0, 0.05) is 35.5 Å². The fraction of sp³-hybridized carbons (Fsp3) is 0.316. The van der Waals surface area contributed by atoms with E-state index in [0.717, 1.165) is 49.6 Å². The van der Waals surface area contributed by atoms with Crippen LogP contribution < -0.4 is 10.2 Å². The summed E-state index contributed by atoms with van der Waals surface area (Å²) in [5, 5.41) is 3.58. The minimum atomic E-state index is -0.830. The predicted octanol–water partition coefficient (Wildman–Crippen LogP) is 2.60. The summed E-state index contributed by atoms with van der Waals surface area (Å²) in [6.07, 6.45) is 1.66. The fourth-order valence-corrected chi connectivity index (χ4v) is 3.30. The highest BCUT2D eigenvalue weighted by Crippen LogP contribution is 2.11. The summed E-state index contributed by atoms with van der Waals surface area (Å²) >= 11 is 5.90. The Morgan fingerprint density at radius 2 is 1.80 bits per heavy atom. The molecule has 0 aliphatic carbocycles. The van der Waals surface area contributed by atoms with Crippen LogP contribution in [0.5, 0.6) is 0 Å². The van der Waals surface area contributed by atoms with Crippen LogP contribution >= 0.6 is 11.6 Å². The number of carbonyl (C=O) groups is 1. The Hall–Kier alpha value is -1.98. The predicted molar refractivity (Wildman–Crippen MR) is 92.7 cm³/mol. The monoisotopic (exact) mass is 365 g/mol. The molecule has 0 saturated carbocycles. The number of piperidine rings is 1. The van der Waals surface area contributed by atoms with Crippen LogP contribution in [0.4, 0.5) is 8.78 Å². The maximum Gasteiger partial charge on any atom is 0.254 e. The van der Waals surface area contributed by atoms with E-state index in [0.29, 0.717) is 0 Å². The summed E-state index contributed by atoms with van der Waals surface area (Å²) < 4.78 is 26.6. The quantitative estimate of drug-likeness (QED) is 0.858. The number of carbonyl (C=O) groups excluding carboxylic acids is 1. The van der Waals surface area contributed by atoms with Gasteiger partial charge in [0.2, 0.25) is 0 Å². The second-order valence-electron chi connectivity index (χ2n) is 6.43. The summed E-state index contributed by atoms with van der Waals surface area (Å²) in [4.78, 5) is 13.6. The van der Waals surface area contributed by atoms with Gasteiger partial charge < -0.3 is 10.2 Å². The van der Waals surface area contributed by atoms with Gasteiger partial charge in [0.05, 0.1) is 18.7 Å². The minimum absolute atomic E-state index is 0.0194. The van der Waals surface area contributed by atoms with Crippen LogP contribution in [0.3, 0.4) is 0 Å². The first-order chi connectivity index (χ1) is 12.0. The van der Waals surface area contributed by atoms with Crippen molar-refractivity contribution in [3.05, 3.63) is 70.2 Å². The van der Waals surface area contributed by atoms with Gasteiger partial charge >= 0.3 is 0 Å². The second-order valence-corrected chi connectivity index (χ2v) is 6.86. The van der Waals surface area contributed by atoms with E-state index in [1.165, 1.54) is 16.5 Å². The summed E-state index contributed by atoms with van der Waals surface area (Å²) in [5.74, 6) is -2.00. The lowest BCUT2D eigenvalue weighted by Gasteiger charge is -2.29. The first kappa shape index (κ1) is 17.8. The van der Waals surface area contributed by atoms with Crippen molar-refractivity contribution in [3.8, 4) is 0 Å². The van der Waals surface area contributed by atoms with E-state index >= 15 is 0 Å². The lowest BCUT2D eigenvalue weighted by molar-refractivity contribution is -0.918. The van der Waals surface area contributed by atoms with Crippen LogP contribution in [-0.4, -0.2) is 25.0 Å². The number of likely N-dealkylation sites (tertiary alicyclic amines) is 1. The Kier molecular flexibility index (Phi) is 5.66. The minimum Gasteiger partial charge on any atom is -0.349 e. The van der Waals surface area contributed by atoms with Crippen LogP contribution in [0.2, 0.25) is 5.02 Å². The molecule has 132 valence electrons. The fourth-order valence-electron chi connectivity index (χ4n) is 3.17. The number of halogens is 3. The molecule has 1 saturated heterocycles. The van der Waals surface area contributed by atoms with E-state index in [2.05, 4.69) is 5.32 Å². The third-order valence-electron chi connectivity index (χ3n) is 4.57. The maximum atomic E-state index is 13.7. The molecule has 1 amide bonds. The van der Waals surface area contributed by atoms with Crippen molar-refractivity contribution in [2.75, 3.05) is 13.1 Å². The molecule has 0 radical (unpaired) electrons. The van der Waals surface area contributed by atoms with Crippen molar-refractivity contribution < 1.29 is 18.5 Å². The molecule has 0 spiro atoms. The zero-order valence-corrected chi connectivity index (χ0v) is 14.5. The highest BCUT2D eigenvalue weighted by molar-refractivity contribution is 6.30. The third-order valence-corrected chi connectivity index (χ3v) is 4.82. The highest BCUT2D eigenvalue weighted by atomic mass is 35.5. The van der Waals surface area contributed by atoms with Gasteiger partial charge in [-0.25, -0.2) is 8.78 Å². The number of nitrogens with one attached hydrogen (secondary N) is 2. The van der Waals surface area contributed by atoms with Crippen LogP contribution in [0.1, 0.15) is 28.8 Å². The summed E-state index contributed by atoms with van der Waals surface area (Å²) in [7, 11) is 0. The van der Waals surface area contributed by atoms with E-state index in [-0.39, 0.29) is 11.6 Å². The van der Waals surface area contributed by atoms with Crippen molar-refractivity contribution in [2.45, 2.75) is 25.4 Å². The molecule has 0 aromatic heterocycles. The first-order valence-corrected chi connectivity index (χ1v) is 8.73. The summed E-state index contributed by atoms with van der Waals surface area (Å²) in [5.41, 5.74) is 1.12. The van der Waals surface area contributed by atoms with Gasteiger partial charge in [-0.15, -0.1) is 0 Å². The molecule has 3 rings (SSSR count). The molecule has 1 fully saturated rings. The molecule has 3 nitrogen and oxygen atoms in total. The molecule has 0 unspecified atom stereocenters. The van der Waals surface area contributed by atoms with Gasteiger partial charge in [0.1, 0.15) is 18.2 Å². The number of rotatable bonds is 4. The highest BCUT2D eigenvalue weighted by Gasteiger charge is 2.24. The Balaban J connectivity index is 1.50.